The third-order valence-electron chi connectivity index (χ3n) is 5.21. The van der Waals surface area contributed by atoms with Crippen molar-refractivity contribution in [1.29, 1.82) is 0 Å². The molecule has 1 heteroatoms. The number of carbonyl (C=O) groups excluding carboxylic acids is 1. The van der Waals surface area contributed by atoms with Gasteiger partial charge in [0.1, 0.15) is 0 Å². The van der Waals surface area contributed by atoms with E-state index in [1.807, 2.05) is 6.07 Å². The number of hydrogen-bond acceptors (Lipinski definition) is 1. The number of ketones is 1. The Morgan fingerprint density at radius 1 is 0.917 bits per heavy atom. The smallest absolute Gasteiger partial charge is 0.162 e. The summed E-state index contributed by atoms with van der Waals surface area (Å²) in [4.78, 5) is 12.8. The summed E-state index contributed by atoms with van der Waals surface area (Å²) in [5.41, 5.74) is 4.56. The molecule has 0 bridgehead atoms. The Kier molecular flexibility index (Phi) is 4.99. The van der Waals surface area contributed by atoms with Crippen LogP contribution in [0, 0.1) is 17.8 Å². The maximum absolute atomic E-state index is 12.8. The van der Waals surface area contributed by atoms with Gasteiger partial charge < -0.3 is 0 Å². The molecule has 124 valence electrons. The van der Waals surface area contributed by atoms with Crippen LogP contribution in [0.25, 0.3) is 17.2 Å². The first-order chi connectivity index (χ1) is 11.6. The van der Waals surface area contributed by atoms with E-state index in [1.165, 1.54) is 11.1 Å². The van der Waals surface area contributed by atoms with Crippen molar-refractivity contribution in [2.45, 2.75) is 33.6 Å². The molecular formula is C23H26O. The van der Waals surface area contributed by atoms with Gasteiger partial charge in [-0.25, -0.2) is 0 Å². The predicted octanol–water partition coefficient (Wildman–Crippen LogP) is 6.01. The zero-order valence-electron chi connectivity index (χ0n) is 14.8. The minimum absolute atomic E-state index is 0.191. The fraction of sp³-hybridized carbons (Fsp3) is 0.348. The second kappa shape index (κ2) is 7.17. The Morgan fingerprint density at radius 3 is 2.17 bits per heavy atom. The standard InChI is InChI=1S/C23H26O/c1-16(2)21-14-9-17(3)22(23(21)24)15-18-10-12-20(13-11-18)19-7-5-4-6-8-19/h4-8,10-13,15-17,21H,9,14H2,1-3H3/b22-15-/t17-,21+/m0/s1. The molecule has 0 saturated heterocycles. The van der Waals surface area contributed by atoms with Gasteiger partial charge in [-0.1, -0.05) is 75.4 Å². The van der Waals surface area contributed by atoms with Gasteiger partial charge in [0, 0.05) is 5.92 Å². The van der Waals surface area contributed by atoms with Crippen molar-refractivity contribution in [1.82, 2.24) is 0 Å². The minimum atomic E-state index is 0.191. The summed E-state index contributed by atoms with van der Waals surface area (Å²) in [6.45, 7) is 6.49. The summed E-state index contributed by atoms with van der Waals surface area (Å²) in [6.07, 6.45) is 4.25. The van der Waals surface area contributed by atoms with Crippen LogP contribution in [-0.4, -0.2) is 5.78 Å². The fourth-order valence-electron chi connectivity index (χ4n) is 3.60. The molecule has 0 amide bonds. The summed E-state index contributed by atoms with van der Waals surface area (Å²) in [5, 5.41) is 0. The van der Waals surface area contributed by atoms with E-state index in [0.29, 0.717) is 17.6 Å². The third-order valence-corrected chi connectivity index (χ3v) is 5.21. The molecule has 0 spiro atoms. The Balaban J connectivity index is 1.86. The Labute approximate surface area is 145 Å². The minimum Gasteiger partial charge on any atom is -0.294 e. The second-order valence-corrected chi connectivity index (χ2v) is 7.28. The summed E-state index contributed by atoms with van der Waals surface area (Å²) in [6, 6.07) is 18.9. The quantitative estimate of drug-likeness (QED) is 0.633. The molecule has 2 atom stereocenters. The van der Waals surface area contributed by atoms with Crippen LogP contribution < -0.4 is 0 Å². The molecule has 0 aromatic heterocycles. The van der Waals surface area contributed by atoms with E-state index < -0.39 is 0 Å². The normalized spacial score (nSPS) is 23.0. The molecule has 1 aliphatic rings. The molecule has 24 heavy (non-hydrogen) atoms. The molecular weight excluding hydrogens is 292 g/mol. The van der Waals surface area contributed by atoms with Gasteiger partial charge in [0.15, 0.2) is 5.78 Å². The van der Waals surface area contributed by atoms with E-state index in [-0.39, 0.29) is 5.92 Å². The largest absolute Gasteiger partial charge is 0.294 e. The highest BCUT2D eigenvalue weighted by atomic mass is 16.1. The van der Waals surface area contributed by atoms with E-state index in [2.05, 4.69) is 75.4 Å². The van der Waals surface area contributed by atoms with Crippen LogP contribution in [0.2, 0.25) is 0 Å². The van der Waals surface area contributed by atoms with E-state index in [0.717, 1.165) is 24.0 Å². The molecule has 1 nitrogen and oxygen atoms in total. The number of allylic oxidation sites excluding steroid dienone is 1. The monoisotopic (exact) mass is 318 g/mol. The Bertz CT molecular complexity index is 722. The zero-order valence-corrected chi connectivity index (χ0v) is 14.8. The van der Waals surface area contributed by atoms with Crippen LogP contribution in [0.5, 0.6) is 0 Å². The SMILES string of the molecule is CC(C)[C@H]1CC[C@H](C)/C(=C/c2ccc(-c3ccccc3)cc2)C1=O. The molecule has 0 unspecified atom stereocenters. The van der Waals surface area contributed by atoms with Crippen LogP contribution in [0.3, 0.4) is 0 Å². The number of carbonyl (C=O) groups is 1. The highest BCUT2D eigenvalue weighted by Crippen LogP contribution is 2.35. The number of rotatable bonds is 3. The van der Waals surface area contributed by atoms with Crippen LogP contribution in [0.4, 0.5) is 0 Å². The maximum atomic E-state index is 12.8. The predicted molar refractivity (Wildman–Crippen MR) is 102 cm³/mol. The molecule has 1 aliphatic carbocycles. The zero-order chi connectivity index (χ0) is 17.1. The molecule has 2 aromatic rings. The maximum Gasteiger partial charge on any atom is 0.162 e. The topological polar surface area (TPSA) is 17.1 Å². The lowest BCUT2D eigenvalue weighted by Crippen LogP contribution is -2.30. The summed E-state index contributed by atoms with van der Waals surface area (Å²) >= 11 is 0. The highest BCUT2D eigenvalue weighted by Gasteiger charge is 2.32. The molecule has 0 N–H and O–H groups in total. The third kappa shape index (κ3) is 3.51. The highest BCUT2D eigenvalue weighted by molar-refractivity contribution is 6.02. The van der Waals surface area contributed by atoms with Crippen LogP contribution >= 0.6 is 0 Å². The van der Waals surface area contributed by atoms with Gasteiger partial charge in [0.25, 0.3) is 0 Å². The molecule has 0 aliphatic heterocycles. The van der Waals surface area contributed by atoms with E-state index in [9.17, 15) is 4.79 Å². The van der Waals surface area contributed by atoms with Gasteiger partial charge in [-0.05, 0) is 53.0 Å². The van der Waals surface area contributed by atoms with Crippen molar-refractivity contribution in [3.05, 3.63) is 65.7 Å². The van der Waals surface area contributed by atoms with Crippen LogP contribution in [0.1, 0.15) is 39.2 Å². The Hall–Kier alpha value is -2.15. The van der Waals surface area contributed by atoms with E-state index >= 15 is 0 Å². The first-order valence-corrected chi connectivity index (χ1v) is 8.97. The molecule has 3 rings (SSSR count). The summed E-state index contributed by atoms with van der Waals surface area (Å²) in [7, 11) is 0. The van der Waals surface area contributed by atoms with Gasteiger partial charge in [0.05, 0.1) is 0 Å². The van der Waals surface area contributed by atoms with Crippen LogP contribution in [-0.2, 0) is 4.79 Å². The second-order valence-electron chi connectivity index (χ2n) is 7.28. The van der Waals surface area contributed by atoms with Crippen molar-refractivity contribution in [2.24, 2.45) is 17.8 Å². The average molecular weight is 318 g/mol. The van der Waals surface area contributed by atoms with Gasteiger partial charge in [-0.15, -0.1) is 0 Å². The first kappa shape index (κ1) is 16.7. The average Bonchev–Trinajstić information content (AvgIpc) is 2.59. The van der Waals surface area contributed by atoms with Crippen molar-refractivity contribution in [3.8, 4) is 11.1 Å². The molecule has 0 heterocycles. The van der Waals surface area contributed by atoms with Crippen molar-refractivity contribution >= 4 is 11.9 Å². The molecule has 2 aromatic carbocycles. The lowest BCUT2D eigenvalue weighted by molar-refractivity contribution is -0.122. The van der Waals surface area contributed by atoms with Crippen molar-refractivity contribution < 1.29 is 4.79 Å². The van der Waals surface area contributed by atoms with E-state index in [4.69, 9.17) is 0 Å². The number of benzene rings is 2. The van der Waals surface area contributed by atoms with Crippen LogP contribution in [0.15, 0.2) is 60.2 Å². The fourth-order valence-corrected chi connectivity index (χ4v) is 3.60. The lowest BCUT2D eigenvalue weighted by Gasteiger charge is -2.30. The molecule has 0 radical (unpaired) electrons. The van der Waals surface area contributed by atoms with Gasteiger partial charge >= 0.3 is 0 Å². The first-order valence-electron chi connectivity index (χ1n) is 8.97. The van der Waals surface area contributed by atoms with Gasteiger partial charge in [-0.3, -0.25) is 4.79 Å². The summed E-state index contributed by atoms with van der Waals surface area (Å²) in [5.74, 6) is 1.34. The van der Waals surface area contributed by atoms with Gasteiger partial charge in [0.2, 0.25) is 0 Å². The molecule has 1 saturated carbocycles. The van der Waals surface area contributed by atoms with Gasteiger partial charge in [-0.2, -0.15) is 0 Å². The van der Waals surface area contributed by atoms with Crippen molar-refractivity contribution in [3.63, 3.8) is 0 Å². The lowest BCUT2D eigenvalue weighted by atomic mass is 9.73. The van der Waals surface area contributed by atoms with E-state index in [1.54, 1.807) is 0 Å². The Morgan fingerprint density at radius 2 is 1.54 bits per heavy atom. The van der Waals surface area contributed by atoms with Crippen molar-refractivity contribution in [2.75, 3.05) is 0 Å². The molecule has 1 fully saturated rings. The number of Topliss-reactive ketones (excluding diaryl/α,β-unsaturated/α-hetero) is 1. The number of hydrogen-bond donors (Lipinski definition) is 0. The summed E-state index contributed by atoms with van der Waals surface area (Å²) < 4.78 is 0.